The Kier molecular flexibility index (Phi) is 7.79. The lowest BCUT2D eigenvalue weighted by atomic mass is 9.94. The van der Waals surface area contributed by atoms with Crippen molar-refractivity contribution in [3.05, 3.63) is 70.8 Å². The van der Waals surface area contributed by atoms with Crippen LogP contribution in [0.4, 0.5) is 0 Å². The first-order chi connectivity index (χ1) is 12.3. The van der Waals surface area contributed by atoms with Gasteiger partial charge in [0.05, 0.1) is 6.04 Å². The number of aldehydes is 1. The number of hydrogen-bond donors (Lipinski definition) is 3. The minimum Gasteiger partial charge on any atom is -0.400 e. The fourth-order valence-corrected chi connectivity index (χ4v) is 3.40. The third-order valence-corrected chi connectivity index (χ3v) is 4.64. The maximum atomic E-state index is 10.5. The lowest BCUT2D eigenvalue weighted by Gasteiger charge is -2.23. The molecule has 4 nitrogen and oxygen atoms in total. The van der Waals surface area contributed by atoms with Gasteiger partial charge in [-0.3, -0.25) is 0 Å². The van der Waals surface area contributed by atoms with Gasteiger partial charge in [0.2, 0.25) is 0 Å². The Balaban J connectivity index is 0.00000109. The number of benzene rings is 2. The number of hydrogen-bond acceptors (Lipinski definition) is 4. The molecule has 0 aliphatic heterocycles. The summed E-state index contributed by atoms with van der Waals surface area (Å²) in [5.41, 5.74) is 11.6. The molecule has 1 aliphatic rings. The van der Waals surface area contributed by atoms with Crippen molar-refractivity contribution in [3.63, 3.8) is 0 Å². The molecule has 2 aromatic rings. The van der Waals surface area contributed by atoms with Gasteiger partial charge in [-0.1, -0.05) is 48.5 Å². The molecule has 3 rings (SSSR count). The number of nitrogens with two attached hydrogens (primary N) is 1. The summed E-state index contributed by atoms with van der Waals surface area (Å²) in [6, 6.07) is 17.5. The van der Waals surface area contributed by atoms with Crippen molar-refractivity contribution in [2.75, 3.05) is 13.7 Å². The predicted octanol–water partition coefficient (Wildman–Crippen LogP) is 2.38. The first-order valence-electron chi connectivity index (χ1n) is 8.82. The number of fused-ring (bicyclic) bond motifs is 2. The molecule has 1 atom stereocenters. The molecule has 0 aromatic heterocycles. The summed E-state index contributed by atoms with van der Waals surface area (Å²) >= 11 is 0. The fraction of sp³-hybridized carbons (Fsp3) is 0.381. The first kappa shape index (κ1) is 19.3. The van der Waals surface area contributed by atoms with Crippen LogP contribution < -0.4 is 11.1 Å². The molecule has 1 aliphatic carbocycles. The van der Waals surface area contributed by atoms with Gasteiger partial charge < -0.3 is 21.0 Å². The summed E-state index contributed by atoms with van der Waals surface area (Å²) in [5, 5.41) is 10.6. The second-order valence-corrected chi connectivity index (χ2v) is 6.24. The largest absolute Gasteiger partial charge is 0.400 e. The quantitative estimate of drug-likeness (QED) is 0.706. The zero-order valence-corrected chi connectivity index (χ0v) is 14.8. The van der Waals surface area contributed by atoms with Gasteiger partial charge in [0.1, 0.15) is 6.29 Å². The Morgan fingerprint density at radius 2 is 1.60 bits per heavy atom. The SMILES string of the molecule is CO.NC(CCC=O)CNC1c2ccccc2CCc2ccccc21. The maximum Gasteiger partial charge on any atom is 0.120 e. The van der Waals surface area contributed by atoms with Gasteiger partial charge in [0.25, 0.3) is 0 Å². The van der Waals surface area contributed by atoms with Crippen molar-refractivity contribution in [1.82, 2.24) is 5.32 Å². The smallest absolute Gasteiger partial charge is 0.120 e. The molecular formula is C21H28N2O2. The van der Waals surface area contributed by atoms with E-state index in [-0.39, 0.29) is 12.1 Å². The van der Waals surface area contributed by atoms with E-state index in [0.717, 1.165) is 32.7 Å². The van der Waals surface area contributed by atoms with Gasteiger partial charge in [-0.25, -0.2) is 0 Å². The number of carbonyl (C=O) groups is 1. The second kappa shape index (κ2) is 10.1. The second-order valence-electron chi connectivity index (χ2n) is 6.24. The van der Waals surface area contributed by atoms with Gasteiger partial charge >= 0.3 is 0 Å². The van der Waals surface area contributed by atoms with Crippen molar-refractivity contribution in [2.24, 2.45) is 5.73 Å². The Hall–Kier alpha value is -2.01. The first-order valence-corrected chi connectivity index (χ1v) is 8.82. The highest BCUT2D eigenvalue weighted by Gasteiger charge is 2.23. The van der Waals surface area contributed by atoms with Gasteiger partial charge in [-0.15, -0.1) is 0 Å². The van der Waals surface area contributed by atoms with E-state index < -0.39 is 0 Å². The summed E-state index contributed by atoms with van der Waals surface area (Å²) in [5.74, 6) is 0. The average Bonchev–Trinajstić information content (AvgIpc) is 2.83. The normalized spacial score (nSPS) is 14.4. The Morgan fingerprint density at radius 1 is 1.08 bits per heavy atom. The Labute approximate surface area is 150 Å². The fourth-order valence-electron chi connectivity index (χ4n) is 3.40. The van der Waals surface area contributed by atoms with Gasteiger partial charge in [0, 0.05) is 26.1 Å². The topological polar surface area (TPSA) is 75.3 Å². The highest BCUT2D eigenvalue weighted by Crippen LogP contribution is 2.32. The van der Waals surface area contributed by atoms with Crippen molar-refractivity contribution >= 4 is 6.29 Å². The van der Waals surface area contributed by atoms with Crippen LogP contribution in [0.15, 0.2) is 48.5 Å². The molecule has 4 N–H and O–H groups in total. The van der Waals surface area contributed by atoms with Crippen molar-refractivity contribution in [3.8, 4) is 0 Å². The van der Waals surface area contributed by atoms with Crippen LogP contribution in [0.25, 0.3) is 0 Å². The third-order valence-electron chi connectivity index (χ3n) is 4.64. The summed E-state index contributed by atoms with van der Waals surface area (Å²) < 4.78 is 0. The number of aryl methyl sites for hydroxylation is 2. The highest BCUT2D eigenvalue weighted by atomic mass is 16.2. The lowest BCUT2D eigenvalue weighted by molar-refractivity contribution is -0.108. The van der Waals surface area contributed by atoms with Crippen LogP contribution in [-0.2, 0) is 17.6 Å². The molecule has 0 saturated heterocycles. The molecule has 0 spiro atoms. The van der Waals surface area contributed by atoms with E-state index in [4.69, 9.17) is 10.8 Å². The van der Waals surface area contributed by atoms with Crippen molar-refractivity contribution in [1.29, 1.82) is 0 Å². The van der Waals surface area contributed by atoms with Crippen LogP contribution in [0.1, 0.15) is 41.1 Å². The highest BCUT2D eigenvalue weighted by molar-refractivity contribution is 5.49. The monoisotopic (exact) mass is 340 g/mol. The van der Waals surface area contributed by atoms with Gasteiger partial charge in [-0.05, 0) is 41.5 Å². The van der Waals surface area contributed by atoms with Crippen molar-refractivity contribution < 1.29 is 9.90 Å². The van der Waals surface area contributed by atoms with E-state index in [1.54, 1.807) is 0 Å². The number of aliphatic hydroxyl groups excluding tert-OH is 1. The number of nitrogens with one attached hydrogen (secondary N) is 1. The molecule has 2 aromatic carbocycles. The van der Waals surface area contributed by atoms with Gasteiger partial charge in [-0.2, -0.15) is 0 Å². The van der Waals surface area contributed by atoms with Crippen LogP contribution in [0.2, 0.25) is 0 Å². The van der Waals surface area contributed by atoms with E-state index in [1.165, 1.54) is 22.3 Å². The maximum absolute atomic E-state index is 10.5. The van der Waals surface area contributed by atoms with Crippen LogP contribution >= 0.6 is 0 Å². The molecular weight excluding hydrogens is 312 g/mol. The summed E-state index contributed by atoms with van der Waals surface area (Å²) in [4.78, 5) is 10.5. The predicted molar refractivity (Wildman–Crippen MR) is 102 cm³/mol. The van der Waals surface area contributed by atoms with E-state index in [0.29, 0.717) is 13.0 Å². The lowest BCUT2D eigenvalue weighted by Crippen LogP contribution is -2.36. The Bertz CT molecular complexity index is 625. The molecule has 0 heterocycles. The third kappa shape index (κ3) is 4.98. The zero-order chi connectivity index (χ0) is 18.1. The molecule has 0 bridgehead atoms. The number of rotatable bonds is 6. The minimum atomic E-state index is 0.00257. The molecule has 0 radical (unpaired) electrons. The number of carbonyl (C=O) groups excluding carboxylic acids is 1. The standard InChI is InChI=1S/C20H24N2O.CH4O/c21-17(8-5-13-23)14-22-20-18-9-3-1-6-15(18)11-12-16-7-2-4-10-19(16)20;1-2/h1-4,6-7,9-10,13,17,20,22H,5,8,11-12,14,21H2;2H,1H3. The molecule has 25 heavy (non-hydrogen) atoms. The van der Waals surface area contributed by atoms with E-state index in [2.05, 4.69) is 53.8 Å². The molecule has 4 heteroatoms. The minimum absolute atomic E-state index is 0.00257. The summed E-state index contributed by atoms with van der Waals surface area (Å²) in [6.07, 6.45) is 4.34. The molecule has 134 valence electrons. The number of aliphatic hydroxyl groups is 1. The van der Waals surface area contributed by atoms with Crippen molar-refractivity contribution in [2.45, 2.75) is 37.8 Å². The van der Waals surface area contributed by atoms with E-state index in [1.807, 2.05) is 0 Å². The van der Waals surface area contributed by atoms with E-state index >= 15 is 0 Å². The Morgan fingerprint density at radius 3 is 2.12 bits per heavy atom. The molecule has 0 amide bonds. The van der Waals surface area contributed by atoms with Crippen LogP contribution in [0.3, 0.4) is 0 Å². The van der Waals surface area contributed by atoms with Crippen LogP contribution in [0.5, 0.6) is 0 Å². The summed E-state index contributed by atoms with van der Waals surface area (Å²) in [7, 11) is 1.00. The zero-order valence-electron chi connectivity index (χ0n) is 14.8. The van der Waals surface area contributed by atoms with E-state index in [9.17, 15) is 4.79 Å². The van der Waals surface area contributed by atoms with Gasteiger partial charge in [0.15, 0.2) is 0 Å². The van der Waals surface area contributed by atoms with Crippen LogP contribution in [-0.4, -0.2) is 31.1 Å². The van der Waals surface area contributed by atoms with Crippen LogP contribution in [0, 0.1) is 0 Å². The average molecular weight is 340 g/mol. The molecule has 1 unspecified atom stereocenters. The molecule has 0 fully saturated rings. The summed E-state index contributed by atoms with van der Waals surface area (Å²) in [6.45, 7) is 0.709. The molecule has 0 saturated carbocycles.